The topological polar surface area (TPSA) is 54.5 Å². The average Bonchev–Trinajstić information content (AvgIpc) is 3.18. The van der Waals surface area contributed by atoms with Gasteiger partial charge in [-0.25, -0.2) is 14.2 Å². The van der Waals surface area contributed by atoms with Crippen LogP contribution in [0.15, 0.2) is 60.0 Å². The van der Waals surface area contributed by atoms with Crippen molar-refractivity contribution < 1.29 is 13.9 Å². The van der Waals surface area contributed by atoms with Crippen molar-refractivity contribution in [3.8, 4) is 11.3 Å². The second-order valence-corrected chi connectivity index (χ2v) is 7.05. The Morgan fingerprint density at radius 1 is 1.19 bits per heavy atom. The van der Waals surface area contributed by atoms with Crippen LogP contribution in [0.3, 0.4) is 0 Å². The van der Waals surface area contributed by atoms with Crippen molar-refractivity contribution in [3.05, 3.63) is 71.4 Å². The van der Waals surface area contributed by atoms with Gasteiger partial charge in [-0.1, -0.05) is 42.5 Å². The summed E-state index contributed by atoms with van der Waals surface area (Å²) in [5.74, 6) is -0.290. The van der Waals surface area contributed by atoms with E-state index < -0.39 is 0 Å². The largest absolute Gasteiger partial charge is 0.370 e. The van der Waals surface area contributed by atoms with E-state index in [2.05, 4.69) is 10.3 Å². The van der Waals surface area contributed by atoms with Crippen LogP contribution in [0.5, 0.6) is 0 Å². The zero-order valence-electron chi connectivity index (χ0n) is 14.5. The molecule has 5 nitrogen and oxygen atoms in total. The summed E-state index contributed by atoms with van der Waals surface area (Å²) in [6.45, 7) is 1.34. The molecule has 0 bridgehead atoms. The highest BCUT2D eigenvalue weighted by Gasteiger charge is 2.26. The van der Waals surface area contributed by atoms with Crippen molar-refractivity contribution in [2.45, 2.75) is 6.10 Å². The number of aromatic nitrogens is 1. The molecular formula is C20H18FN3O2S. The third-order valence-electron chi connectivity index (χ3n) is 4.38. The second kappa shape index (κ2) is 7.85. The molecule has 3 aromatic rings. The molecule has 2 amide bonds. The minimum absolute atomic E-state index is 0.209. The first-order chi connectivity index (χ1) is 13.2. The van der Waals surface area contributed by atoms with Gasteiger partial charge in [0.2, 0.25) is 0 Å². The monoisotopic (exact) mass is 383 g/mol. The van der Waals surface area contributed by atoms with E-state index in [1.807, 2.05) is 35.7 Å². The third-order valence-corrected chi connectivity index (χ3v) is 5.14. The minimum Gasteiger partial charge on any atom is -0.370 e. The lowest BCUT2D eigenvalue weighted by Crippen LogP contribution is -2.44. The number of ether oxygens (including phenoxy) is 1. The predicted octanol–water partition coefficient (Wildman–Crippen LogP) is 4.55. The van der Waals surface area contributed by atoms with E-state index in [1.165, 1.54) is 23.5 Å². The predicted molar refractivity (Wildman–Crippen MR) is 103 cm³/mol. The van der Waals surface area contributed by atoms with Crippen molar-refractivity contribution in [2.75, 3.05) is 25.0 Å². The molecule has 0 aliphatic carbocycles. The van der Waals surface area contributed by atoms with Crippen molar-refractivity contribution in [3.63, 3.8) is 0 Å². The van der Waals surface area contributed by atoms with Crippen LogP contribution in [-0.4, -0.2) is 35.6 Å². The molecule has 1 aliphatic heterocycles. The summed E-state index contributed by atoms with van der Waals surface area (Å²) in [6.07, 6.45) is -0.263. The molecule has 2 aromatic carbocycles. The van der Waals surface area contributed by atoms with Gasteiger partial charge in [0.05, 0.1) is 18.8 Å². The van der Waals surface area contributed by atoms with Crippen LogP contribution in [0, 0.1) is 5.82 Å². The number of morpholine rings is 1. The van der Waals surface area contributed by atoms with Crippen LogP contribution < -0.4 is 5.32 Å². The molecule has 7 heteroatoms. The van der Waals surface area contributed by atoms with Gasteiger partial charge in [-0.2, -0.15) is 0 Å². The van der Waals surface area contributed by atoms with Crippen LogP contribution in [-0.2, 0) is 4.74 Å². The molecule has 138 valence electrons. The number of thiazole rings is 1. The summed E-state index contributed by atoms with van der Waals surface area (Å²) >= 11 is 1.39. The van der Waals surface area contributed by atoms with Crippen LogP contribution in [0.2, 0.25) is 0 Å². The highest BCUT2D eigenvalue weighted by molar-refractivity contribution is 7.14. The number of carbonyl (C=O) groups excluding carboxylic acids is 1. The first-order valence-electron chi connectivity index (χ1n) is 8.63. The Morgan fingerprint density at radius 2 is 1.96 bits per heavy atom. The van der Waals surface area contributed by atoms with Crippen molar-refractivity contribution in [1.82, 2.24) is 9.88 Å². The first kappa shape index (κ1) is 17.6. The highest BCUT2D eigenvalue weighted by atomic mass is 32.1. The lowest BCUT2D eigenvalue weighted by Gasteiger charge is -2.33. The van der Waals surface area contributed by atoms with Gasteiger partial charge >= 0.3 is 6.03 Å². The average molecular weight is 383 g/mol. The molecule has 1 fully saturated rings. The normalized spacial score (nSPS) is 16.9. The standard InChI is InChI=1S/C20H18FN3O2S/c21-16-8-6-15(7-9-16)18-12-24(10-11-26-18)20(25)23-19-22-17(13-27-19)14-4-2-1-3-5-14/h1-9,13,18H,10-12H2,(H,22,23,25). The summed E-state index contributed by atoms with van der Waals surface area (Å²) in [6, 6.07) is 15.8. The number of benzene rings is 2. The maximum atomic E-state index is 13.1. The molecule has 1 unspecified atom stereocenters. The Hall–Kier alpha value is -2.77. The Balaban J connectivity index is 1.41. The molecule has 1 aliphatic rings. The van der Waals surface area contributed by atoms with Gasteiger partial charge in [0.15, 0.2) is 5.13 Å². The minimum atomic E-state index is -0.290. The van der Waals surface area contributed by atoms with Crippen molar-refractivity contribution in [2.24, 2.45) is 0 Å². The number of anilines is 1. The van der Waals surface area contributed by atoms with Gasteiger partial charge in [0, 0.05) is 17.5 Å². The zero-order valence-corrected chi connectivity index (χ0v) is 15.3. The van der Waals surface area contributed by atoms with Gasteiger partial charge in [-0.05, 0) is 17.7 Å². The molecule has 1 saturated heterocycles. The molecule has 0 saturated carbocycles. The summed E-state index contributed by atoms with van der Waals surface area (Å²) in [5, 5.41) is 5.34. The molecule has 0 radical (unpaired) electrons. The number of hydrogen-bond donors (Lipinski definition) is 1. The fourth-order valence-corrected chi connectivity index (χ4v) is 3.67. The first-order valence-corrected chi connectivity index (χ1v) is 9.51. The maximum Gasteiger partial charge on any atom is 0.323 e. The van der Waals surface area contributed by atoms with Crippen LogP contribution in [0.4, 0.5) is 14.3 Å². The molecule has 1 atom stereocenters. The summed E-state index contributed by atoms with van der Waals surface area (Å²) in [4.78, 5) is 18.8. The number of nitrogens with zero attached hydrogens (tertiary/aromatic N) is 2. The lowest BCUT2D eigenvalue weighted by atomic mass is 10.1. The van der Waals surface area contributed by atoms with Crippen molar-refractivity contribution >= 4 is 22.5 Å². The van der Waals surface area contributed by atoms with Crippen LogP contribution in [0.25, 0.3) is 11.3 Å². The fraction of sp³-hybridized carbons (Fsp3) is 0.200. The fourth-order valence-electron chi connectivity index (χ4n) is 2.96. The summed E-state index contributed by atoms with van der Waals surface area (Å²) in [7, 11) is 0. The Labute approximate surface area is 160 Å². The SMILES string of the molecule is O=C(Nc1nc(-c2ccccc2)cs1)N1CCOC(c2ccc(F)cc2)C1. The molecule has 2 heterocycles. The smallest absolute Gasteiger partial charge is 0.323 e. The number of hydrogen-bond acceptors (Lipinski definition) is 4. The molecular weight excluding hydrogens is 365 g/mol. The molecule has 4 rings (SSSR count). The Morgan fingerprint density at radius 3 is 2.74 bits per heavy atom. The molecule has 0 spiro atoms. The molecule has 27 heavy (non-hydrogen) atoms. The Bertz CT molecular complexity index is 914. The summed E-state index contributed by atoms with van der Waals surface area (Å²) < 4.78 is 18.8. The van der Waals surface area contributed by atoms with E-state index in [4.69, 9.17) is 4.74 Å². The zero-order chi connectivity index (χ0) is 18.6. The Kier molecular flexibility index (Phi) is 5.13. The van der Waals surface area contributed by atoms with Gasteiger partial charge < -0.3 is 9.64 Å². The van der Waals surface area contributed by atoms with E-state index in [9.17, 15) is 9.18 Å². The summed E-state index contributed by atoms with van der Waals surface area (Å²) in [5.41, 5.74) is 2.70. The molecule has 1 aromatic heterocycles. The number of carbonyl (C=O) groups is 1. The van der Waals surface area contributed by atoms with Crippen LogP contribution in [0.1, 0.15) is 11.7 Å². The van der Waals surface area contributed by atoms with Gasteiger partial charge in [-0.3, -0.25) is 5.32 Å². The quantitative estimate of drug-likeness (QED) is 0.722. The van der Waals surface area contributed by atoms with Gasteiger partial charge in [0.1, 0.15) is 11.9 Å². The van der Waals surface area contributed by atoms with E-state index in [0.29, 0.717) is 24.8 Å². The van der Waals surface area contributed by atoms with E-state index >= 15 is 0 Å². The lowest BCUT2D eigenvalue weighted by molar-refractivity contribution is -0.0135. The third kappa shape index (κ3) is 4.15. The van der Waals surface area contributed by atoms with Gasteiger partial charge in [-0.15, -0.1) is 11.3 Å². The number of amides is 2. The number of rotatable bonds is 3. The number of halogens is 1. The second-order valence-electron chi connectivity index (χ2n) is 6.19. The van der Waals surface area contributed by atoms with E-state index in [0.717, 1.165) is 16.8 Å². The van der Waals surface area contributed by atoms with E-state index in [-0.39, 0.29) is 18.0 Å². The molecule has 1 N–H and O–H groups in total. The number of nitrogens with one attached hydrogen (secondary N) is 1. The maximum absolute atomic E-state index is 13.1. The van der Waals surface area contributed by atoms with E-state index in [1.54, 1.807) is 17.0 Å². The highest BCUT2D eigenvalue weighted by Crippen LogP contribution is 2.26. The van der Waals surface area contributed by atoms with Crippen LogP contribution >= 0.6 is 11.3 Å². The number of urea groups is 1. The van der Waals surface area contributed by atoms with Crippen molar-refractivity contribution in [1.29, 1.82) is 0 Å². The van der Waals surface area contributed by atoms with Gasteiger partial charge in [0.25, 0.3) is 0 Å².